The van der Waals surface area contributed by atoms with Gasteiger partial charge in [-0.3, -0.25) is 4.79 Å². The Morgan fingerprint density at radius 3 is 1.66 bits per heavy atom. The maximum Gasteiger partial charge on any atom is 0.249 e. The average molecular weight is 496 g/mol. The van der Waals surface area contributed by atoms with E-state index in [-0.39, 0.29) is 6.61 Å². The van der Waals surface area contributed by atoms with Gasteiger partial charge in [-0.25, -0.2) is 0 Å². The summed E-state index contributed by atoms with van der Waals surface area (Å²) in [4.78, 5) is 12.3. The van der Waals surface area contributed by atoms with Gasteiger partial charge in [0.2, 0.25) is 5.91 Å². The quantitative estimate of drug-likeness (QED) is 0.0833. The van der Waals surface area contributed by atoms with Gasteiger partial charge >= 0.3 is 0 Å². The van der Waals surface area contributed by atoms with E-state index in [4.69, 9.17) is 0 Å². The molecule has 0 aromatic heterocycles. The molecule has 1 amide bonds. The van der Waals surface area contributed by atoms with Crippen LogP contribution < -0.4 is 5.32 Å². The molecule has 0 aliphatic heterocycles. The smallest absolute Gasteiger partial charge is 0.249 e. The Labute approximate surface area is 216 Å². The lowest BCUT2D eigenvalue weighted by molar-refractivity contribution is -0.131. The van der Waals surface area contributed by atoms with Crippen molar-refractivity contribution in [3.8, 4) is 0 Å². The number of rotatable bonds is 25. The van der Waals surface area contributed by atoms with Crippen LogP contribution in [0, 0.1) is 0 Å². The molecule has 5 nitrogen and oxygen atoms in total. The van der Waals surface area contributed by atoms with Crippen molar-refractivity contribution in [1.29, 1.82) is 0 Å². The molecule has 0 saturated heterocycles. The summed E-state index contributed by atoms with van der Waals surface area (Å²) in [5.41, 5.74) is 0. The molecule has 3 atom stereocenters. The third-order valence-corrected chi connectivity index (χ3v) is 6.54. The Morgan fingerprint density at radius 1 is 0.686 bits per heavy atom. The molecule has 3 unspecified atom stereocenters. The number of hydrogen-bond donors (Lipinski definition) is 4. The second-order valence-corrected chi connectivity index (χ2v) is 9.95. The average Bonchev–Trinajstić information content (AvgIpc) is 2.86. The summed E-state index contributed by atoms with van der Waals surface area (Å²) in [5, 5.41) is 32.6. The normalized spacial score (nSPS) is 14.5. The van der Waals surface area contributed by atoms with E-state index in [0.717, 1.165) is 38.5 Å². The zero-order valence-corrected chi connectivity index (χ0v) is 22.9. The SMILES string of the molecule is CCCCCCCC/C=C\CCCCC(O)C(=O)NC(CO)C(O)/C=C/CCCCCCCCC. The van der Waals surface area contributed by atoms with Crippen molar-refractivity contribution in [1.82, 2.24) is 5.32 Å². The van der Waals surface area contributed by atoms with Crippen molar-refractivity contribution < 1.29 is 20.1 Å². The van der Waals surface area contributed by atoms with Crippen LogP contribution in [-0.4, -0.2) is 46.1 Å². The number of amides is 1. The molecule has 0 radical (unpaired) electrons. The van der Waals surface area contributed by atoms with E-state index in [1.165, 1.54) is 77.0 Å². The standard InChI is InChI=1S/C30H57NO4/c1-3-5-7-9-11-13-14-15-17-19-21-23-25-29(34)30(35)31-27(26-32)28(33)24-22-20-18-16-12-10-8-6-4-2/h15,17,22,24,27-29,32-34H,3-14,16,18-21,23,25-26H2,1-2H3,(H,31,35)/b17-15-,24-22+. The number of nitrogens with one attached hydrogen (secondary N) is 1. The van der Waals surface area contributed by atoms with E-state index in [1.54, 1.807) is 6.08 Å². The Balaban J connectivity index is 3.90. The lowest BCUT2D eigenvalue weighted by Crippen LogP contribution is -2.48. The van der Waals surface area contributed by atoms with Crippen molar-refractivity contribution in [3.05, 3.63) is 24.3 Å². The Hall–Kier alpha value is -1.17. The van der Waals surface area contributed by atoms with E-state index in [9.17, 15) is 20.1 Å². The number of carbonyl (C=O) groups is 1. The molecule has 0 aromatic carbocycles. The van der Waals surface area contributed by atoms with Crippen molar-refractivity contribution in [2.24, 2.45) is 0 Å². The third kappa shape index (κ3) is 21.8. The van der Waals surface area contributed by atoms with E-state index in [1.807, 2.05) is 6.08 Å². The summed E-state index contributed by atoms with van der Waals surface area (Å²) < 4.78 is 0. The molecule has 206 valence electrons. The predicted molar refractivity (Wildman–Crippen MR) is 148 cm³/mol. The van der Waals surface area contributed by atoms with Crippen LogP contribution >= 0.6 is 0 Å². The molecular weight excluding hydrogens is 438 g/mol. The van der Waals surface area contributed by atoms with Crippen molar-refractivity contribution >= 4 is 5.91 Å². The van der Waals surface area contributed by atoms with Gasteiger partial charge in [0.1, 0.15) is 6.10 Å². The molecule has 0 aliphatic carbocycles. The molecular formula is C30H57NO4. The highest BCUT2D eigenvalue weighted by atomic mass is 16.3. The van der Waals surface area contributed by atoms with Crippen LogP contribution in [0.2, 0.25) is 0 Å². The van der Waals surface area contributed by atoms with Gasteiger partial charge in [-0.05, 0) is 44.9 Å². The van der Waals surface area contributed by atoms with Crippen LogP contribution in [0.3, 0.4) is 0 Å². The molecule has 0 heterocycles. The molecule has 0 saturated carbocycles. The van der Waals surface area contributed by atoms with E-state index in [2.05, 4.69) is 31.3 Å². The van der Waals surface area contributed by atoms with Crippen molar-refractivity contribution in [2.45, 2.75) is 154 Å². The Kier molecular flexibility index (Phi) is 25.0. The minimum atomic E-state index is -1.11. The van der Waals surface area contributed by atoms with Crippen LogP contribution in [0.1, 0.15) is 136 Å². The molecule has 35 heavy (non-hydrogen) atoms. The van der Waals surface area contributed by atoms with Crippen molar-refractivity contribution in [3.63, 3.8) is 0 Å². The van der Waals surface area contributed by atoms with Gasteiger partial charge in [-0.15, -0.1) is 0 Å². The highest BCUT2D eigenvalue weighted by Gasteiger charge is 2.22. The first-order chi connectivity index (χ1) is 17.1. The molecule has 0 spiro atoms. The molecule has 0 bridgehead atoms. The lowest BCUT2D eigenvalue weighted by Gasteiger charge is -2.21. The number of hydrogen-bond acceptors (Lipinski definition) is 4. The Bertz CT molecular complexity index is 520. The molecule has 5 heteroatoms. The fourth-order valence-corrected chi connectivity index (χ4v) is 4.12. The number of carbonyl (C=O) groups excluding carboxylic acids is 1. The summed E-state index contributed by atoms with van der Waals surface area (Å²) in [6.07, 6.45) is 27.6. The van der Waals surface area contributed by atoms with Gasteiger partial charge in [0.05, 0.1) is 18.8 Å². The summed E-state index contributed by atoms with van der Waals surface area (Å²) in [7, 11) is 0. The number of aliphatic hydroxyl groups is 3. The third-order valence-electron chi connectivity index (χ3n) is 6.54. The van der Waals surface area contributed by atoms with Gasteiger partial charge in [0, 0.05) is 0 Å². The summed E-state index contributed by atoms with van der Waals surface area (Å²) >= 11 is 0. The maximum atomic E-state index is 12.3. The second-order valence-electron chi connectivity index (χ2n) is 9.95. The molecule has 0 aromatic rings. The number of aliphatic hydroxyl groups excluding tert-OH is 3. The van der Waals surface area contributed by atoms with E-state index in [0.29, 0.717) is 6.42 Å². The number of unbranched alkanes of at least 4 members (excludes halogenated alkanes) is 15. The Morgan fingerprint density at radius 2 is 1.14 bits per heavy atom. The van der Waals surface area contributed by atoms with Crippen LogP contribution in [0.4, 0.5) is 0 Å². The lowest BCUT2D eigenvalue weighted by atomic mass is 10.1. The highest BCUT2D eigenvalue weighted by Crippen LogP contribution is 2.11. The largest absolute Gasteiger partial charge is 0.394 e. The first-order valence-corrected chi connectivity index (χ1v) is 14.7. The monoisotopic (exact) mass is 495 g/mol. The fourth-order valence-electron chi connectivity index (χ4n) is 4.12. The van der Waals surface area contributed by atoms with Crippen LogP contribution in [0.15, 0.2) is 24.3 Å². The minimum absolute atomic E-state index is 0.370. The van der Waals surface area contributed by atoms with Gasteiger partial charge in [0.15, 0.2) is 0 Å². The van der Waals surface area contributed by atoms with Crippen LogP contribution in [0.25, 0.3) is 0 Å². The predicted octanol–water partition coefficient (Wildman–Crippen LogP) is 6.75. The first kappa shape index (κ1) is 33.8. The maximum absolute atomic E-state index is 12.3. The highest BCUT2D eigenvalue weighted by molar-refractivity contribution is 5.80. The minimum Gasteiger partial charge on any atom is -0.394 e. The summed E-state index contributed by atoms with van der Waals surface area (Å²) in [6, 6.07) is -0.799. The zero-order chi connectivity index (χ0) is 26.0. The molecule has 0 fully saturated rings. The van der Waals surface area contributed by atoms with Crippen LogP contribution in [-0.2, 0) is 4.79 Å². The van der Waals surface area contributed by atoms with Gasteiger partial charge in [-0.1, -0.05) is 115 Å². The van der Waals surface area contributed by atoms with Crippen molar-refractivity contribution in [2.75, 3.05) is 6.61 Å². The molecule has 0 aliphatic rings. The topological polar surface area (TPSA) is 89.8 Å². The number of allylic oxidation sites excluding steroid dienone is 3. The summed E-state index contributed by atoms with van der Waals surface area (Å²) in [5.74, 6) is -0.526. The fraction of sp³-hybridized carbons (Fsp3) is 0.833. The van der Waals surface area contributed by atoms with E-state index >= 15 is 0 Å². The second kappa shape index (κ2) is 25.9. The van der Waals surface area contributed by atoms with E-state index < -0.39 is 24.2 Å². The summed E-state index contributed by atoms with van der Waals surface area (Å²) in [6.45, 7) is 4.09. The van der Waals surface area contributed by atoms with Gasteiger partial charge in [0.25, 0.3) is 0 Å². The van der Waals surface area contributed by atoms with Gasteiger partial charge < -0.3 is 20.6 Å². The molecule has 4 N–H and O–H groups in total. The van der Waals surface area contributed by atoms with Gasteiger partial charge in [-0.2, -0.15) is 0 Å². The first-order valence-electron chi connectivity index (χ1n) is 14.7. The zero-order valence-electron chi connectivity index (χ0n) is 22.9. The molecule has 0 rings (SSSR count). The van der Waals surface area contributed by atoms with Crippen LogP contribution in [0.5, 0.6) is 0 Å².